The second-order valence-electron chi connectivity index (χ2n) is 5.86. The van der Waals surface area contributed by atoms with Crippen LogP contribution in [0.3, 0.4) is 0 Å². The highest BCUT2D eigenvalue weighted by Crippen LogP contribution is 2.29. The maximum atomic E-state index is 12.6. The number of carbonyl (C=O) groups excluding carboxylic acids is 1. The highest BCUT2D eigenvalue weighted by atomic mass is 16.5. The number of carbonyl (C=O) groups is 1. The molecule has 0 saturated carbocycles. The van der Waals surface area contributed by atoms with E-state index in [1.807, 2.05) is 26.0 Å². The number of aryl methyl sites for hydroxylation is 2. The largest absolute Gasteiger partial charge is 0.493 e. The number of ketones is 1. The first-order chi connectivity index (χ1) is 11.5. The van der Waals surface area contributed by atoms with E-state index in [0.29, 0.717) is 30.1 Å². The lowest BCUT2D eigenvalue weighted by Crippen LogP contribution is -2.07. The van der Waals surface area contributed by atoms with Gasteiger partial charge in [-0.1, -0.05) is 19.4 Å². The minimum atomic E-state index is 0.0479. The fourth-order valence-electron chi connectivity index (χ4n) is 2.47. The smallest absolute Gasteiger partial charge is 0.167 e. The Morgan fingerprint density at radius 2 is 1.92 bits per heavy atom. The molecule has 24 heavy (non-hydrogen) atoms. The van der Waals surface area contributed by atoms with Crippen LogP contribution < -0.4 is 9.47 Å². The molecular formula is C20H25NO3. The molecule has 4 heteroatoms. The minimum Gasteiger partial charge on any atom is -0.493 e. The van der Waals surface area contributed by atoms with Crippen molar-refractivity contribution in [2.45, 2.75) is 40.0 Å². The van der Waals surface area contributed by atoms with E-state index in [0.717, 1.165) is 29.8 Å². The number of hydrogen-bond donors (Lipinski definition) is 0. The number of methoxy groups -OCH3 is 1. The van der Waals surface area contributed by atoms with Gasteiger partial charge in [0.25, 0.3) is 0 Å². The maximum Gasteiger partial charge on any atom is 0.167 e. The Bertz CT molecular complexity index is 710. The lowest BCUT2D eigenvalue weighted by Gasteiger charge is -2.12. The monoisotopic (exact) mass is 327 g/mol. The number of nitrogens with zero attached hydrogens (tertiary/aromatic N) is 1. The maximum absolute atomic E-state index is 12.6. The fraction of sp³-hybridized carbons (Fsp3) is 0.400. The van der Waals surface area contributed by atoms with E-state index in [1.54, 1.807) is 25.3 Å². The number of pyridine rings is 1. The number of benzene rings is 1. The van der Waals surface area contributed by atoms with Crippen LogP contribution in [-0.2, 0) is 6.42 Å². The Morgan fingerprint density at radius 1 is 1.12 bits per heavy atom. The van der Waals surface area contributed by atoms with E-state index in [-0.39, 0.29) is 5.78 Å². The summed E-state index contributed by atoms with van der Waals surface area (Å²) in [5.41, 5.74) is 3.44. The van der Waals surface area contributed by atoms with Gasteiger partial charge in [-0.3, -0.25) is 9.78 Å². The molecule has 0 N–H and O–H groups in total. The van der Waals surface area contributed by atoms with Gasteiger partial charge in [-0.15, -0.1) is 0 Å². The molecule has 0 aliphatic carbocycles. The molecule has 1 heterocycles. The second-order valence-corrected chi connectivity index (χ2v) is 5.86. The predicted molar refractivity (Wildman–Crippen MR) is 95.1 cm³/mol. The molecule has 1 aromatic carbocycles. The van der Waals surface area contributed by atoms with E-state index in [1.165, 1.54) is 0 Å². The molecule has 1 aromatic heterocycles. The van der Waals surface area contributed by atoms with Gasteiger partial charge in [0, 0.05) is 23.4 Å². The van der Waals surface area contributed by atoms with Crippen molar-refractivity contribution in [3.05, 3.63) is 52.8 Å². The molecule has 2 aromatic rings. The number of rotatable bonds is 8. The molecule has 0 atom stereocenters. The van der Waals surface area contributed by atoms with Crippen LogP contribution in [0.5, 0.6) is 11.5 Å². The molecule has 0 aliphatic heterocycles. The van der Waals surface area contributed by atoms with Gasteiger partial charge < -0.3 is 9.47 Å². The lowest BCUT2D eigenvalue weighted by molar-refractivity contribution is 0.0992. The van der Waals surface area contributed by atoms with Crippen LogP contribution in [0.15, 0.2) is 30.3 Å². The number of unbranched alkanes of at least 4 members (excludes halogenated alkanes) is 1. The van der Waals surface area contributed by atoms with Gasteiger partial charge in [-0.25, -0.2) is 0 Å². The summed E-state index contributed by atoms with van der Waals surface area (Å²) in [6, 6.07) is 9.24. The highest BCUT2D eigenvalue weighted by molar-refractivity contribution is 5.98. The SMILES string of the molecule is CCCCOc1cc(C(=O)Cc2ccc(C)nc2C)ccc1OC. The van der Waals surface area contributed by atoms with Crippen molar-refractivity contribution in [1.29, 1.82) is 0 Å². The van der Waals surface area contributed by atoms with Crippen LogP contribution in [-0.4, -0.2) is 24.5 Å². The zero-order valence-corrected chi connectivity index (χ0v) is 14.9. The average Bonchev–Trinajstić information content (AvgIpc) is 2.57. The van der Waals surface area contributed by atoms with Crippen LogP contribution in [0.2, 0.25) is 0 Å². The molecule has 128 valence electrons. The van der Waals surface area contributed by atoms with Gasteiger partial charge in [0.2, 0.25) is 0 Å². The highest BCUT2D eigenvalue weighted by Gasteiger charge is 2.13. The summed E-state index contributed by atoms with van der Waals surface area (Å²) in [5.74, 6) is 1.32. The Hall–Kier alpha value is -2.36. The van der Waals surface area contributed by atoms with Crippen LogP contribution in [0.4, 0.5) is 0 Å². The molecule has 0 spiro atoms. The fourth-order valence-corrected chi connectivity index (χ4v) is 2.47. The number of hydrogen-bond acceptors (Lipinski definition) is 4. The predicted octanol–water partition coefficient (Wildman–Crippen LogP) is 4.31. The molecular weight excluding hydrogens is 302 g/mol. The van der Waals surface area contributed by atoms with Crippen molar-refractivity contribution in [1.82, 2.24) is 4.98 Å². The van der Waals surface area contributed by atoms with E-state index in [2.05, 4.69) is 11.9 Å². The summed E-state index contributed by atoms with van der Waals surface area (Å²) in [7, 11) is 1.60. The van der Waals surface area contributed by atoms with Gasteiger partial charge in [0.1, 0.15) is 0 Å². The third-order valence-corrected chi connectivity index (χ3v) is 3.93. The first kappa shape index (κ1) is 18.0. The number of Topliss-reactive ketones (excluding diaryl/α,β-unsaturated/α-hetero) is 1. The Labute approximate surface area is 143 Å². The average molecular weight is 327 g/mol. The van der Waals surface area contributed by atoms with Gasteiger partial charge >= 0.3 is 0 Å². The standard InChI is InChI=1S/C20H25NO3/c1-5-6-11-24-20-13-17(9-10-19(20)23-4)18(22)12-16-8-7-14(2)21-15(16)3/h7-10,13H,5-6,11-12H2,1-4H3. The van der Waals surface area contributed by atoms with Crippen LogP contribution >= 0.6 is 0 Å². The Kier molecular flexibility index (Phi) is 6.36. The van der Waals surface area contributed by atoms with Gasteiger partial charge in [-0.2, -0.15) is 0 Å². The van der Waals surface area contributed by atoms with Crippen LogP contribution in [0.25, 0.3) is 0 Å². The van der Waals surface area contributed by atoms with Crippen molar-refractivity contribution in [3.63, 3.8) is 0 Å². The third-order valence-electron chi connectivity index (χ3n) is 3.93. The van der Waals surface area contributed by atoms with Crippen LogP contribution in [0, 0.1) is 13.8 Å². The van der Waals surface area contributed by atoms with Crippen molar-refractivity contribution >= 4 is 5.78 Å². The Balaban J connectivity index is 2.17. The summed E-state index contributed by atoms with van der Waals surface area (Å²) in [6.45, 7) is 6.61. The van der Waals surface area contributed by atoms with Gasteiger partial charge in [0.05, 0.1) is 13.7 Å². The first-order valence-corrected chi connectivity index (χ1v) is 8.32. The molecule has 0 bridgehead atoms. The molecule has 0 saturated heterocycles. The molecule has 4 nitrogen and oxygen atoms in total. The third kappa shape index (κ3) is 4.57. The van der Waals surface area contributed by atoms with Gasteiger partial charge in [-0.05, 0) is 50.1 Å². The molecule has 0 radical (unpaired) electrons. The number of aromatic nitrogens is 1. The second kappa shape index (κ2) is 8.48. The minimum absolute atomic E-state index is 0.0479. The lowest BCUT2D eigenvalue weighted by atomic mass is 10.0. The molecule has 0 fully saturated rings. The van der Waals surface area contributed by atoms with Crippen molar-refractivity contribution in [2.75, 3.05) is 13.7 Å². The summed E-state index contributed by atoms with van der Waals surface area (Å²) < 4.78 is 11.1. The van der Waals surface area contributed by atoms with Crippen molar-refractivity contribution < 1.29 is 14.3 Å². The Morgan fingerprint density at radius 3 is 2.58 bits per heavy atom. The van der Waals surface area contributed by atoms with Gasteiger partial charge in [0.15, 0.2) is 17.3 Å². The molecule has 0 aliphatic rings. The summed E-state index contributed by atoms with van der Waals surface area (Å²) in [5, 5.41) is 0. The van der Waals surface area contributed by atoms with Crippen LogP contribution in [0.1, 0.15) is 47.1 Å². The normalized spacial score (nSPS) is 10.5. The number of ether oxygens (including phenoxy) is 2. The zero-order valence-electron chi connectivity index (χ0n) is 14.9. The quantitative estimate of drug-likeness (QED) is 0.535. The molecule has 2 rings (SSSR count). The summed E-state index contributed by atoms with van der Waals surface area (Å²) in [6.07, 6.45) is 2.36. The summed E-state index contributed by atoms with van der Waals surface area (Å²) in [4.78, 5) is 17.0. The van der Waals surface area contributed by atoms with E-state index in [4.69, 9.17) is 9.47 Å². The van der Waals surface area contributed by atoms with E-state index in [9.17, 15) is 4.79 Å². The molecule has 0 amide bonds. The topological polar surface area (TPSA) is 48.4 Å². The van der Waals surface area contributed by atoms with E-state index >= 15 is 0 Å². The van der Waals surface area contributed by atoms with Crippen molar-refractivity contribution in [2.24, 2.45) is 0 Å². The summed E-state index contributed by atoms with van der Waals surface area (Å²) >= 11 is 0. The van der Waals surface area contributed by atoms with E-state index < -0.39 is 0 Å². The zero-order chi connectivity index (χ0) is 17.5. The first-order valence-electron chi connectivity index (χ1n) is 8.32. The van der Waals surface area contributed by atoms with Crippen molar-refractivity contribution in [3.8, 4) is 11.5 Å². The molecule has 0 unspecified atom stereocenters.